The van der Waals surface area contributed by atoms with Crippen molar-refractivity contribution in [3.8, 4) is 0 Å². The molecule has 3 N–H and O–H groups in total. The van der Waals surface area contributed by atoms with E-state index in [-0.39, 0.29) is 11.5 Å². The second-order valence-electron chi connectivity index (χ2n) is 7.70. The number of rotatable bonds is 6. The first-order valence-corrected chi connectivity index (χ1v) is 9.92. The van der Waals surface area contributed by atoms with Crippen LogP contribution in [0.1, 0.15) is 27.0 Å². The van der Waals surface area contributed by atoms with Crippen molar-refractivity contribution in [2.75, 3.05) is 24.7 Å². The van der Waals surface area contributed by atoms with Gasteiger partial charge in [0.1, 0.15) is 0 Å². The van der Waals surface area contributed by atoms with E-state index in [0.29, 0.717) is 22.5 Å². The summed E-state index contributed by atoms with van der Waals surface area (Å²) in [5.74, 6) is -1.30. The molecule has 1 heterocycles. The monoisotopic (exact) mass is 413 g/mol. The van der Waals surface area contributed by atoms with Crippen molar-refractivity contribution in [2.45, 2.75) is 6.54 Å². The number of anilines is 2. The van der Waals surface area contributed by atoms with Crippen LogP contribution in [0.5, 0.6) is 0 Å². The Morgan fingerprint density at radius 3 is 2.45 bits per heavy atom. The summed E-state index contributed by atoms with van der Waals surface area (Å²) in [6.07, 6.45) is 0. The Bertz CT molecular complexity index is 1180. The fourth-order valence-corrected chi connectivity index (χ4v) is 3.69. The molecule has 0 bridgehead atoms. The molecule has 0 unspecified atom stereocenters. The number of nitrogens with zero attached hydrogens (tertiary/aromatic N) is 1. The Hall–Kier alpha value is -3.90. The Kier molecular flexibility index (Phi) is 5.56. The van der Waals surface area contributed by atoms with Gasteiger partial charge in [0.15, 0.2) is 0 Å². The van der Waals surface area contributed by atoms with Crippen LogP contribution in [0.2, 0.25) is 0 Å². The van der Waals surface area contributed by atoms with Crippen LogP contribution >= 0.6 is 0 Å². The molecule has 0 aromatic heterocycles. The van der Waals surface area contributed by atoms with Crippen LogP contribution in [-0.2, 0) is 11.3 Å². The Morgan fingerprint density at radius 1 is 0.968 bits per heavy atom. The van der Waals surface area contributed by atoms with Gasteiger partial charge in [-0.15, -0.1) is 0 Å². The van der Waals surface area contributed by atoms with Gasteiger partial charge >= 0.3 is 5.97 Å². The highest BCUT2D eigenvalue weighted by Gasteiger charge is 2.29. The summed E-state index contributed by atoms with van der Waals surface area (Å²) < 4.78 is 0. The van der Waals surface area contributed by atoms with Crippen molar-refractivity contribution in [1.29, 1.82) is 0 Å². The van der Waals surface area contributed by atoms with E-state index in [9.17, 15) is 14.7 Å². The van der Waals surface area contributed by atoms with Crippen LogP contribution in [0.15, 0.2) is 72.8 Å². The van der Waals surface area contributed by atoms with Crippen molar-refractivity contribution >= 4 is 34.5 Å². The topological polar surface area (TPSA) is 81.7 Å². The summed E-state index contributed by atoms with van der Waals surface area (Å²) in [5.41, 5.74) is 5.33. The number of hydrogen-bond acceptors (Lipinski definition) is 4. The van der Waals surface area contributed by atoms with Gasteiger partial charge in [0.05, 0.1) is 22.5 Å². The number of nitrogens with one attached hydrogen (secondary N) is 2. The van der Waals surface area contributed by atoms with Crippen LogP contribution in [0.25, 0.3) is 11.3 Å². The lowest BCUT2D eigenvalue weighted by molar-refractivity contribution is -0.110. The number of carbonyl (C=O) groups excluding carboxylic acids is 1. The lowest BCUT2D eigenvalue weighted by Crippen LogP contribution is -2.12. The Balaban J connectivity index is 1.83. The van der Waals surface area contributed by atoms with Gasteiger partial charge in [-0.3, -0.25) is 4.79 Å². The number of amides is 1. The summed E-state index contributed by atoms with van der Waals surface area (Å²) in [7, 11) is 4.03. The molecular formula is C25H23N3O3. The molecule has 3 aromatic rings. The fourth-order valence-electron chi connectivity index (χ4n) is 3.69. The van der Waals surface area contributed by atoms with Gasteiger partial charge in [-0.1, -0.05) is 48.5 Å². The quantitative estimate of drug-likeness (QED) is 0.523. The first-order chi connectivity index (χ1) is 14.9. The van der Waals surface area contributed by atoms with E-state index in [1.165, 1.54) is 12.1 Å². The molecule has 0 saturated carbocycles. The lowest BCUT2D eigenvalue weighted by atomic mass is 9.99. The van der Waals surface area contributed by atoms with Gasteiger partial charge in [-0.25, -0.2) is 4.79 Å². The maximum absolute atomic E-state index is 13.0. The average molecular weight is 413 g/mol. The zero-order chi connectivity index (χ0) is 22.0. The van der Waals surface area contributed by atoms with E-state index in [4.69, 9.17) is 0 Å². The van der Waals surface area contributed by atoms with Crippen molar-refractivity contribution in [3.63, 3.8) is 0 Å². The predicted octanol–water partition coefficient (Wildman–Crippen LogP) is 4.38. The summed E-state index contributed by atoms with van der Waals surface area (Å²) in [5, 5.41) is 15.5. The Labute approximate surface area is 180 Å². The van der Waals surface area contributed by atoms with E-state index in [2.05, 4.69) is 27.7 Å². The van der Waals surface area contributed by atoms with Gasteiger partial charge in [-0.05, 0) is 49.5 Å². The fraction of sp³-hybridized carbons (Fsp3) is 0.120. The van der Waals surface area contributed by atoms with Crippen molar-refractivity contribution in [2.24, 2.45) is 0 Å². The van der Waals surface area contributed by atoms with Crippen LogP contribution in [0.4, 0.5) is 11.4 Å². The Morgan fingerprint density at radius 2 is 1.74 bits per heavy atom. The third-order valence-electron chi connectivity index (χ3n) is 5.02. The molecule has 1 aliphatic heterocycles. The largest absolute Gasteiger partial charge is 0.478 e. The zero-order valence-corrected chi connectivity index (χ0v) is 17.3. The number of carboxylic acid groups (broad SMARTS) is 1. The second kappa shape index (κ2) is 8.45. The molecule has 31 heavy (non-hydrogen) atoms. The third kappa shape index (κ3) is 4.34. The molecule has 0 fully saturated rings. The maximum atomic E-state index is 13.0. The predicted molar refractivity (Wildman–Crippen MR) is 123 cm³/mol. The van der Waals surface area contributed by atoms with Crippen molar-refractivity contribution in [1.82, 2.24) is 4.90 Å². The minimum Gasteiger partial charge on any atom is -0.478 e. The molecule has 3 aromatic carbocycles. The summed E-state index contributed by atoms with van der Waals surface area (Å²) in [6, 6.07) is 22.4. The molecule has 156 valence electrons. The minimum absolute atomic E-state index is 0.130. The molecule has 0 saturated heterocycles. The second-order valence-corrected chi connectivity index (χ2v) is 7.70. The van der Waals surface area contributed by atoms with Gasteiger partial charge < -0.3 is 20.6 Å². The molecule has 0 spiro atoms. The van der Waals surface area contributed by atoms with E-state index in [0.717, 1.165) is 23.4 Å². The first-order valence-electron chi connectivity index (χ1n) is 9.92. The van der Waals surface area contributed by atoms with Gasteiger partial charge in [0.2, 0.25) is 0 Å². The van der Waals surface area contributed by atoms with Crippen LogP contribution < -0.4 is 10.6 Å². The molecule has 1 amide bonds. The van der Waals surface area contributed by atoms with Gasteiger partial charge in [0, 0.05) is 17.8 Å². The lowest BCUT2D eigenvalue weighted by Gasteiger charge is -2.16. The summed E-state index contributed by atoms with van der Waals surface area (Å²) >= 11 is 0. The van der Waals surface area contributed by atoms with E-state index >= 15 is 0 Å². The SMILES string of the molecule is CN(C)Cc1cccc(N/C(=C2\C(=O)Nc3cc(C(=O)O)ccc32)c2ccccc2)c1. The van der Waals surface area contributed by atoms with E-state index < -0.39 is 5.97 Å². The number of carboxylic acids is 1. The van der Waals surface area contributed by atoms with Crippen molar-refractivity contribution < 1.29 is 14.7 Å². The molecule has 6 heteroatoms. The standard InChI is InChI=1S/C25H23N3O3/c1-28(2)15-16-7-6-10-19(13-16)26-23(17-8-4-3-5-9-17)22-20-12-11-18(25(30)31)14-21(20)27-24(22)29/h3-14,26H,15H2,1-2H3,(H,27,29)(H,30,31)/b23-22-. The molecular weight excluding hydrogens is 390 g/mol. The van der Waals surface area contributed by atoms with Crippen molar-refractivity contribution in [3.05, 3.63) is 95.1 Å². The molecule has 1 aliphatic rings. The highest BCUT2D eigenvalue weighted by molar-refractivity contribution is 6.37. The number of benzene rings is 3. The average Bonchev–Trinajstić information content (AvgIpc) is 3.07. The third-order valence-corrected chi connectivity index (χ3v) is 5.02. The smallest absolute Gasteiger partial charge is 0.335 e. The number of aromatic carboxylic acids is 1. The molecule has 4 rings (SSSR count). The molecule has 0 atom stereocenters. The molecule has 0 radical (unpaired) electrons. The van der Waals surface area contributed by atoms with E-state index in [1.54, 1.807) is 6.07 Å². The van der Waals surface area contributed by atoms with Gasteiger partial charge in [-0.2, -0.15) is 0 Å². The highest BCUT2D eigenvalue weighted by atomic mass is 16.4. The van der Waals surface area contributed by atoms with E-state index in [1.807, 2.05) is 56.6 Å². The first kappa shape index (κ1) is 20.4. The highest BCUT2D eigenvalue weighted by Crippen LogP contribution is 2.38. The number of carbonyl (C=O) groups is 2. The zero-order valence-electron chi connectivity index (χ0n) is 17.3. The molecule has 0 aliphatic carbocycles. The number of fused-ring (bicyclic) bond motifs is 1. The maximum Gasteiger partial charge on any atom is 0.335 e. The van der Waals surface area contributed by atoms with Crippen LogP contribution in [0.3, 0.4) is 0 Å². The molecule has 6 nitrogen and oxygen atoms in total. The summed E-state index contributed by atoms with van der Waals surface area (Å²) in [4.78, 5) is 26.4. The minimum atomic E-state index is -1.03. The number of hydrogen-bond donors (Lipinski definition) is 3. The van der Waals surface area contributed by atoms with Gasteiger partial charge in [0.25, 0.3) is 5.91 Å². The van der Waals surface area contributed by atoms with Crippen LogP contribution in [0, 0.1) is 0 Å². The summed E-state index contributed by atoms with van der Waals surface area (Å²) in [6.45, 7) is 0.800. The normalized spacial score (nSPS) is 14.2. The van der Waals surface area contributed by atoms with Crippen LogP contribution in [-0.4, -0.2) is 36.0 Å².